The Labute approximate surface area is 98.7 Å². The lowest BCUT2D eigenvalue weighted by Gasteiger charge is -2.36. The van der Waals surface area contributed by atoms with E-state index in [-0.39, 0.29) is 36.2 Å². The quantitative estimate of drug-likeness (QED) is 0.750. The van der Waals surface area contributed by atoms with Crippen LogP contribution in [0.25, 0.3) is 0 Å². The van der Waals surface area contributed by atoms with Crippen LogP contribution in [-0.4, -0.2) is 37.5 Å². The standard InChI is InChI=1S/C10H13FN2O3S/c11-9-3-8(12)1-2-10(9)17(15,16)13-4-7(5-13)6-14/h1-3,7,14H,4-6,12H2. The second kappa shape index (κ2) is 4.25. The van der Waals surface area contributed by atoms with E-state index in [1.54, 1.807) is 0 Å². The molecule has 3 N–H and O–H groups in total. The minimum absolute atomic E-state index is 0.0541. The molecule has 0 radical (unpaired) electrons. The highest BCUT2D eigenvalue weighted by atomic mass is 32.2. The molecule has 0 aromatic heterocycles. The van der Waals surface area contributed by atoms with Crippen LogP contribution in [0.15, 0.2) is 23.1 Å². The third kappa shape index (κ3) is 2.13. The molecule has 0 atom stereocenters. The third-order valence-electron chi connectivity index (χ3n) is 2.76. The highest BCUT2D eigenvalue weighted by molar-refractivity contribution is 7.89. The van der Waals surface area contributed by atoms with E-state index >= 15 is 0 Å². The van der Waals surface area contributed by atoms with Crippen molar-refractivity contribution in [3.05, 3.63) is 24.0 Å². The molecule has 1 aliphatic heterocycles. The van der Waals surface area contributed by atoms with Gasteiger partial charge in [-0.15, -0.1) is 0 Å². The molecule has 0 bridgehead atoms. The Kier molecular flexibility index (Phi) is 3.07. The van der Waals surface area contributed by atoms with Gasteiger partial charge in [0.15, 0.2) is 0 Å². The first-order valence-electron chi connectivity index (χ1n) is 5.11. The Morgan fingerprint density at radius 2 is 2.12 bits per heavy atom. The molecule has 7 heteroatoms. The van der Waals surface area contributed by atoms with Gasteiger partial charge in [-0.3, -0.25) is 0 Å². The van der Waals surface area contributed by atoms with Gasteiger partial charge in [0, 0.05) is 31.3 Å². The van der Waals surface area contributed by atoms with Gasteiger partial charge in [0.1, 0.15) is 10.7 Å². The van der Waals surface area contributed by atoms with Crippen LogP contribution in [0.2, 0.25) is 0 Å². The monoisotopic (exact) mass is 260 g/mol. The Morgan fingerprint density at radius 3 is 2.65 bits per heavy atom. The smallest absolute Gasteiger partial charge is 0.246 e. The first-order chi connectivity index (χ1) is 7.95. The van der Waals surface area contributed by atoms with Gasteiger partial charge in [0.2, 0.25) is 10.0 Å². The molecule has 94 valence electrons. The first kappa shape index (κ1) is 12.3. The fourth-order valence-electron chi connectivity index (χ4n) is 1.70. The zero-order chi connectivity index (χ0) is 12.6. The first-order valence-corrected chi connectivity index (χ1v) is 6.55. The number of benzene rings is 1. The predicted octanol–water partition coefficient (Wildman–Crippen LogP) is 0.0207. The summed E-state index contributed by atoms with van der Waals surface area (Å²) < 4.78 is 38.6. The van der Waals surface area contributed by atoms with Crippen molar-refractivity contribution in [1.82, 2.24) is 4.31 Å². The number of nitrogen functional groups attached to an aromatic ring is 1. The molecular formula is C10H13FN2O3S. The summed E-state index contributed by atoms with van der Waals surface area (Å²) in [5.74, 6) is -0.904. The average Bonchev–Trinajstić information content (AvgIpc) is 2.14. The number of hydrogen-bond donors (Lipinski definition) is 2. The molecule has 5 nitrogen and oxygen atoms in total. The molecule has 1 aromatic rings. The van der Waals surface area contributed by atoms with E-state index in [1.807, 2.05) is 0 Å². The largest absolute Gasteiger partial charge is 0.399 e. The lowest BCUT2D eigenvalue weighted by atomic mass is 10.1. The molecule has 0 unspecified atom stereocenters. The molecule has 1 aromatic carbocycles. The van der Waals surface area contributed by atoms with E-state index in [9.17, 15) is 12.8 Å². The second-order valence-corrected chi connectivity index (χ2v) is 5.97. The van der Waals surface area contributed by atoms with Crippen LogP contribution < -0.4 is 5.73 Å². The third-order valence-corrected chi connectivity index (χ3v) is 4.62. The van der Waals surface area contributed by atoms with Crippen molar-refractivity contribution >= 4 is 15.7 Å². The summed E-state index contributed by atoms with van der Waals surface area (Å²) in [4.78, 5) is -0.372. The van der Waals surface area contributed by atoms with Crippen LogP contribution in [-0.2, 0) is 10.0 Å². The molecular weight excluding hydrogens is 247 g/mol. The fourth-order valence-corrected chi connectivity index (χ4v) is 3.34. The molecule has 1 fully saturated rings. The Balaban J connectivity index is 2.27. The minimum atomic E-state index is -3.80. The average molecular weight is 260 g/mol. The topological polar surface area (TPSA) is 83.6 Å². The van der Waals surface area contributed by atoms with Crippen molar-refractivity contribution in [2.45, 2.75) is 4.90 Å². The predicted molar refractivity (Wildman–Crippen MR) is 60.1 cm³/mol. The maximum Gasteiger partial charge on any atom is 0.246 e. The zero-order valence-electron chi connectivity index (χ0n) is 9.01. The number of halogens is 1. The SMILES string of the molecule is Nc1ccc(S(=O)(=O)N2CC(CO)C2)c(F)c1. The van der Waals surface area contributed by atoms with Crippen LogP contribution in [0.4, 0.5) is 10.1 Å². The van der Waals surface area contributed by atoms with Crippen molar-refractivity contribution in [1.29, 1.82) is 0 Å². The molecule has 1 saturated heterocycles. The number of hydrogen-bond acceptors (Lipinski definition) is 4. The van der Waals surface area contributed by atoms with Gasteiger partial charge in [-0.25, -0.2) is 12.8 Å². The number of nitrogens with two attached hydrogens (primary N) is 1. The van der Waals surface area contributed by atoms with E-state index in [0.717, 1.165) is 16.4 Å². The van der Waals surface area contributed by atoms with Crippen LogP contribution in [0, 0.1) is 11.7 Å². The summed E-state index contributed by atoms with van der Waals surface area (Å²) in [6.45, 7) is 0.390. The van der Waals surface area contributed by atoms with Gasteiger partial charge in [-0.05, 0) is 18.2 Å². The maximum absolute atomic E-state index is 13.5. The summed E-state index contributed by atoms with van der Waals surface area (Å²) in [6, 6.07) is 3.49. The molecule has 1 aliphatic rings. The summed E-state index contributed by atoms with van der Waals surface area (Å²) in [7, 11) is -3.80. The molecule has 0 spiro atoms. The molecule has 0 saturated carbocycles. The van der Waals surface area contributed by atoms with Gasteiger partial charge < -0.3 is 10.8 Å². The van der Waals surface area contributed by atoms with Crippen molar-refractivity contribution in [3.63, 3.8) is 0 Å². The lowest BCUT2D eigenvalue weighted by molar-refractivity contribution is 0.117. The molecule has 0 amide bonds. The minimum Gasteiger partial charge on any atom is -0.399 e. The molecule has 0 aliphatic carbocycles. The Hall–Kier alpha value is -1.18. The molecule has 1 heterocycles. The lowest BCUT2D eigenvalue weighted by Crippen LogP contribution is -2.51. The number of sulfonamides is 1. The fraction of sp³-hybridized carbons (Fsp3) is 0.400. The zero-order valence-corrected chi connectivity index (χ0v) is 9.82. The number of nitrogens with zero attached hydrogens (tertiary/aromatic N) is 1. The van der Waals surface area contributed by atoms with Gasteiger partial charge in [-0.2, -0.15) is 4.31 Å². The molecule has 17 heavy (non-hydrogen) atoms. The van der Waals surface area contributed by atoms with E-state index in [1.165, 1.54) is 6.07 Å². The second-order valence-electron chi connectivity index (χ2n) is 4.06. The van der Waals surface area contributed by atoms with Crippen molar-refractivity contribution < 1.29 is 17.9 Å². The van der Waals surface area contributed by atoms with E-state index in [0.29, 0.717) is 0 Å². The van der Waals surface area contributed by atoms with Crippen LogP contribution >= 0.6 is 0 Å². The van der Waals surface area contributed by atoms with Crippen molar-refractivity contribution in [2.75, 3.05) is 25.4 Å². The van der Waals surface area contributed by atoms with Crippen LogP contribution in [0.5, 0.6) is 0 Å². The summed E-state index contributed by atoms with van der Waals surface area (Å²) in [5, 5.41) is 8.82. The summed E-state index contributed by atoms with van der Waals surface area (Å²) in [5.41, 5.74) is 5.53. The van der Waals surface area contributed by atoms with Crippen LogP contribution in [0.3, 0.4) is 0 Å². The number of aliphatic hydroxyl groups excluding tert-OH is 1. The molecule has 2 rings (SSSR count). The van der Waals surface area contributed by atoms with E-state index < -0.39 is 15.8 Å². The van der Waals surface area contributed by atoms with Gasteiger partial charge >= 0.3 is 0 Å². The summed E-state index contributed by atoms with van der Waals surface area (Å²) >= 11 is 0. The number of aliphatic hydroxyl groups is 1. The Bertz CT molecular complexity index is 526. The van der Waals surface area contributed by atoms with Crippen molar-refractivity contribution in [2.24, 2.45) is 5.92 Å². The number of anilines is 1. The van der Waals surface area contributed by atoms with E-state index in [2.05, 4.69) is 0 Å². The normalized spacial score (nSPS) is 18.0. The van der Waals surface area contributed by atoms with Crippen molar-refractivity contribution in [3.8, 4) is 0 Å². The van der Waals surface area contributed by atoms with Gasteiger partial charge in [0.05, 0.1) is 0 Å². The Morgan fingerprint density at radius 1 is 1.47 bits per heavy atom. The maximum atomic E-state index is 13.5. The van der Waals surface area contributed by atoms with E-state index in [4.69, 9.17) is 10.8 Å². The van der Waals surface area contributed by atoms with Gasteiger partial charge in [-0.1, -0.05) is 0 Å². The van der Waals surface area contributed by atoms with Gasteiger partial charge in [0.25, 0.3) is 0 Å². The highest BCUT2D eigenvalue weighted by Crippen LogP contribution is 2.27. The summed E-state index contributed by atoms with van der Waals surface area (Å²) in [6.07, 6.45) is 0. The highest BCUT2D eigenvalue weighted by Gasteiger charge is 2.37. The number of rotatable bonds is 3. The van der Waals surface area contributed by atoms with Crippen LogP contribution in [0.1, 0.15) is 0 Å².